The molecule has 1 atom stereocenters. The second kappa shape index (κ2) is 5.41. The molecule has 1 aromatic heterocycles. The molecular formula is C11H13ClN2O4. The standard InChI is InChI=1S/C11H13ClN2O4/c12-7-3-9(13-5-7)11(17)14-1-2-18-8(6-14)4-10(15)16/h3,5,8,13H,1-2,4,6H2,(H,15,16)/t8-/m1/s1. The first-order valence-corrected chi connectivity index (χ1v) is 5.90. The lowest BCUT2D eigenvalue weighted by Gasteiger charge is -2.32. The molecule has 7 heteroatoms. The SMILES string of the molecule is O=C(O)C[C@@H]1CN(C(=O)c2cc(Cl)c[nH]2)CCO1. The van der Waals surface area contributed by atoms with Gasteiger partial charge in [0.1, 0.15) is 5.69 Å². The molecule has 0 aromatic carbocycles. The fraction of sp³-hybridized carbons (Fsp3) is 0.455. The Morgan fingerprint density at radius 3 is 3.00 bits per heavy atom. The van der Waals surface area contributed by atoms with Crippen LogP contribution in [0.5, 0.6) is 0 Å². The van der Waals surface area contributed by atoms with Gasteiger partial charge in [-0.05, 0) is 6.07 Å². The number of halogens is 1. The molecule has 18 heavy (non-hydrogen) atoms. The molecule has 0 saturated carbocycles. The molecule has 1 saturated heterocycles. The first kappa shape index (κ1) is 12.9. The molecule has 0 spiro atoms. The summed E-state index contributed by atoms with van der Waals surface area (Å²) in [5.41, 5.74) is 0.399. The Morgan fingerprint density at radius 2 is 2.39 bits per heavy atom. The fourth-order valence-electron chi connectivity index (χ4n) is 1.88. The van der Waals surface area contributed by atoms with Gasteiger partial charge >= 0.3 is 5.97 Å². The third-order valence-electron chi connectivity index (χ3n) is 2.71. The van der Waals surface area contributed by atoms with Gasteiger partial charge in [-0.2, -0.15) is 0 Å². The number of carboxylic acid groups (broad SMARTS) is 1. The number of carbonyl (C=O) groups is 2. The van der Waals surface area contributed by atoms with Gasteiger partial charge in [0, 0.05) is 19.3 Å². The van der Waals surface area contributed by atoms with Crippen LogP contribution < -0.4 is 0 Å². The minimum Gasteiger partial charge on any atom is -0.481 e. The number of aromatic amines is 1. The number of aliphatic carboxylic acids is 1. The van der Waals surface area contributed by atoms with Gasteiger partial charge in [-0.1, -0.05) is 11.6 Å². The molecular weight excluding hydrogens is 260 g/mol. The Bertz CT molecular complexity index is 460. The summed E-state index contributed by atoms with van der Waals surface area (Å²) in [6.45, 7) is 1.07. The van der Waals surface area contributed by atoms with E-state index in [1.807, 2.05) is 0 Å². The van der Waals surface area contributed by atoms with Crippen LogP contribution in [0.3, 0.4) is 0 Å². The van der Waals surface area contributed by atoms with E-state index in [4.69, 9.17) is 21.4 Å². The highest BCUT2D eigenvalue weighted by molar-refractivity contribution is 6.30. The normalized spacial score (nSPS) is 19.8. The predicted molar refractivity (Wildman–Crippen MR) is 63.7 cm³/mol. The van der Waals surface area contributed by atoms with E-state index in [2.05, 4.69) is 4.98 Å². The quantitative estimate of drug-likeness (QED) is 0.859. The fourth-order valence-corrected chi connectivity index (χ4v) is 2.05. The average molecular weight is 273 g/mol. The molecule has 98 valence electrons. The summed E-state index contributed by atoms with van der Waals surface area (Å²) in [6, 6.07) is 1.55. The monoisotopic (exact) mass is 272 g/mol. The number of amides is 1. The average Bonchev–Trinajstić information content (AvgIpc) is 2.74. The minimum absolute atomic E-state index is 0.102. The van der Waals surface area contributed by atoms with Crippen molar-refractivity contribution in [2.24, 2.45) is 0 Å². The zero-order chi connectivity index (χ0) is 13.1. The Labute approximate surface area is 108 Å². The first-order valence-electron chi connectivity index (χ1n) is 5.53. The maximum atomic E-state index is 12.1. The molecule has 1 aliphatic rings. The number of carboxylic acids is 1. The van der Waals surface area contributed by atoms with Crippen molar-refractivity contribution in [1.29, 1.82) is 0 Å². The zero-order valence-corrected chi connectivity index (χ0v) is 10.3. The highest BCUT2D eigenvalue weighted by atomic mass is 35.5. The van der Waals surface area contributed by atoms with Crippen molar-refractivity contribution in [3.05, 3.63) is 23.0 Å². The number of nitrogens with zero attached hydrogens (tertiary/aromatic N) is 1. The Hall–Kier alpha value is -1.53. The van der Waals surface area contributed by atoms with Gasteiger partial charge in [-0.3, -0.25) is 9.59 Å². The summed E-state index contributed by atoms with van der Waals surface area (Å²) in [6.07, 6.45) is 0.977. The van der Waals surface area contributed by atoms with Crippen molar-refractivity contribution >= 4 is 23.5 Å². The topological polar surface area (TPSA) is 82.6 Å². The summed E-state index contributed by atoms with van der Waals surface area (Å²) in [7, 11) is 0. The van der Waals surface area contributed by atoms with Crippen molar-refractivity contribution < 1.29 is 19.4 Å². The maximum Gasteiger partial charge on any atom is 0.306 e. The molecule has 2 heterocycles. The molecule has 0 unspecified atom stereocenters. The van der Waals surface area contributed by atoms with E-state index in [-0.39, 0.29) is 18.9 Å². The van der Waals surface area contributed by atoms with Crippen LogP contribution in [0.2, 0.25) is 5.02 Å². The van der Waals surface area contributed by atoms with Gasteiger partial charge in [0.15, 0.2) is 0 Å². The van der Waals surface area contributed by atoms with Crippen LogP contribution in [-0.2, 0) is 9.53 Å². The zero-order valence-electron chi connectivity index (χ0n) is 9.56. The van der Waals surface area contributed by atoms with Crippen molar-refractivity contribution in [2.75, 3.05) is 19.7 Å². The molecule has 6 nitrogen and oxygen atoms in total. The lowest BCUT2D eigenvalue weighted by molar-refractivity contribution is -0.141. The van der Waals surface area contributed by atoms with E-state index in [0.717, 1.165) is 0 Å². The number of H-pyrrole nitrogens is 1. The maximum absolute atomic E-state index is 12.1. The molecule has 1 aromatic rings. The third-order valence-corrected chi connectivity index (χ3v) is 2.92. The summed E-state index contributed by atoms with van der Waals surface area (Å²) >= 11 is 5.74. The summed E-state index contributed by atoms with van der Waals surface area (Å²) in [5.74, 6) is -1.13. The molecule has 2 N–H and O–H groups in total. The molecule has 1 fully saturated rings. The van der Waals surface area contributed by atoms with Crippen LogP contribution in [0.4, 0.5) is 0 Å². The smallest absolute Gasteiger partial charge is 0.306 e. The highest BCUT2D eigenvalue weighted by Crippen LogP contribution is 2.15. The van der Waals surface area contributed by atoms with E-state index in [9.17, 15) is 9.59 Å². The summed E-state index contributed by atoms with van der Waals surface area (Å²) in [5, 5.41) is 9.17. The molecule has 1 aliphatic heterocycles. The van der Waals surface area contributed by atoms with Crippen LogP contribution >= 0.6 is 11.6 Å². The molecule has 1 amide bonds. The van der Waals surface area contributed by atoms with E-state index in [1.165, 1.54) is 6.20 Å². The number of aromatic nitrogens is 1. The predicted octanol–water partition coefficient (Wildman–Crippen LogP) is 0.984. The minimum atomic E-state index is -0.933. The highest BCUT2D eigenvalue weighted by Gasteiger charge is 2.27. The Kier molecular flexibility index (Phi) is 3.88. The second-order valence-corrected chi connectivity index (χ2v) is 4.51. The Balaban J connectivity index is 2.00. The molecule has 0 bridgehead atoms. The number of carbonyl (C=O) groups excluding carboxylic acids is 1. The Morgan fingerprint density at radius 1 is 1.61 bits per heavy atom. The van der Waals surface area contributed by atoms with E-state index in [1.54, 1.807) is 11.0 Å². The summed E-state index contributed by atoms with van der Waals surface area (Å²) in [4.78, 5) is 27.0. The van der Waals surface area contributed by atoms with E-state index >= 15 is 0 Å². The number of rotatable bonds is 3. The van der Waals surface area contributed by atoms with Crippen LogP contribution in [0, 0.1) is 0 Å². The van der Waals surface area contributed by atoms with Crippen LogP contribution in [0.1, 0.15) is 16.9 Å². The van der Waals surface area contributed by atoms with Crippen molar-refractivity contribution in [3.8, 4) is 0 Å². The molecule has 0 aliphatic carbocycles. The molecule has 0 radical (unpaired) electrons. The first-order chi connectivity index (χ1) is 8.56. The van der Waals surface area contributed by atoms with Gasteiger partial charge in [0.2, 0.25) is 0 Å². The number of ether oxygens (including phenoxy) is 1. The van der Waals surface area contributed by atoms with Crippen molar-refractivity contribution in [3.63, 3.8) is 0 Å². The van der Waals surface area contributed by atoms with Crippen LogP contribution in [-0.4, -0.2) is 52.7 Å². The number of morpholine rings is 1. The number of hydrogen-bond donors (Lipinski definition) is 2. The van der Waals surface area contributed by atoms with Gasteiger partial charge in [-0.25, -0.2) is 0 Å². The third kappa shape index (κ3) is 3.02. The van der Waals surface area contributed by atoms with Gasteiger partial charge < -0.3 is 19.7 Å². The van der Waals surface area contributed by atoms with Gasteiger partial charge in [-0.15, -0.1) is 0 Å². The van der Waals surface area contributed by atoms with E-state index in [0.29, 0.717) is 23.9 Å². The van der Waals surface area contributed by atoms with E-state index < -0.39 is 12.1 Å². The molecule has 2 rings (SSSR count). The second-order valence-electron chi connectivity index (χ2n) is 4.07. The number of nitrogens with one attached hydrogen (secondary N) is 1. The van der Waals surface area contributed by atoms with Crippen molar-refractivity contribution in [1.82, 2.24) is 9.88 Å². The van der Waals surface area contributed by atoms with Crippen LogP contribution in [0.15, 0.2) is 12.3 Å². The largest absolute Gasteiger partial charge is 0.481 e. The summed E-state index contributed by atoms with van der Waals surface area (Å²) < 4.78 is 5.30. The number of hydrogen-bond acceptors (Lipinski definition) is 3. The van der Waals surface area contributed by atoms with Gasteiger partial charge in [0.25, 0.3) is 5.91 Å². The van der Waals surface area contributed by atoms with Crippen molar-refractivity contribution in [2.45, 2.75) is 12.5 Å². The van der Waals surface area contributed by atoms with Crippen LogP contribution in [0.25, 0.3) is 0 Å². The lowest BCUT2D eigenvalue weighted by atomic mass is 10.2. The lowest BCUT2D eigenvalue weighted by Crippen LogP contribution is -2.46. The van der Waals surface area contributed by atoms with Gasteiger partial charge in [0.05, 0.1) is 24.2 Å².